The molecule has 0 unspecified atom stereocenters. The molecular weight excluding hydrogens is 160 g/mol. The Kier molecular flexibility index (Phi) is 2.05. The van der Waals surface area contributed by atoms with Crippen molar-refractivity contribution in [2.45, 2.75) is 46.0 Å². The second-order valence-corrected chi connectivity index (χ2v) is 4.77. The molecule has 2 rings (SSSR count). The molecule has 0 heterocycles. The van der Waals surface area contributed by atoms with Crippen LogP contribution >= 0.6 is 0 Å². The second kappa shape index (κ2) is 2.97. The average molecular weight is 178 g/mol. The summed E-state index contributed by atoms with van der Waals surface area (Å²) in [6.07, 6.45) is 7.48. The van der Waals surface area contributed by atoms with Gasteiger partial charge in [0.05, 0.1) is 0 Å². The van der Waals surface area contributed by atoms with Crippen LogP contribution in [0.4, 0.5) is 0 Å². The van der Waals surface area contributed by atoms with Crippen LogP contribution in [-0.2, 0) is 4.79 Å². The van der Waals surface area contributed by atoms with Crippen LogP contribution in [0.15, 0.2) is 11.6 Å². The van der Waals surface area contributed by atoms with E-state index in [1.165, 1.54) is 5.57 Å². The zero-order valence-corrected chi connectivity index (χ0v) is 8.60. The third kappa shape index (κ3) is 1.25. The molecular formula is C12H18O. The highest BCUT2D eigenvalue weighted by molar-refractivity contribution is 5.87. The lowest BCUT2D eigenvalue weighted by atomic mass is 9.68. The minimum Gasteiger partial charge on any atom is -0.299 e. The third-order valence-corrected chi connectivity index (χ3v) is 4.08. The Morgan fingerprint density at radius 2 is 2.23 bits per heavy atom. The number of carbonyl (C=O) groups is 1. The first kappa shape index (κ1) is 8.98. The van der Waals surface area contributed by atoms with E-state index in [9.17, 15) is 4.79 Å². The van der Waals surface area contributed by atoms with Gasteiger partial charge in [0.2, 0.25) is 0 Å². The van der Waals surface area contributed by atoms with Crippen molar-refractivity contribution in [3.05, 3.63) is 11.6 Å². The van der Waals surface area contributed by atoms with E-state index < -0.39 is 0 Å². The molecule has 1 saturated carbocycles. The molecule has 1 fully saturated rings. The number of hydrogen-bond donors (Lipinski definition) is 0. The lowest BCUT2D eigenvalue weighted by Gasteiger charge is -2.34. The van der Waals surface area contributed by atoms with Crippen LogP contribution in [0, 0.1) is 11.3 Å². The SMILES string of the molecule is CC1=CC[C@@]2(CC1)C(=O)CC[C@@H]2C. The van der Waals surface area contributed by atoms with Gasteiger partial charge in [-0.05, 0) is 38.5 Å². The lowest BCUT2D eigenvalue weighted by molar-refractivity contribution is -0.127. The van der Waals surface area contributed by atoms with E-state index in [-0.39, 0.29) is 5.41 Å². The minimum absolute atomic E-state index is 0.0551. The van der Waals surface area contributed by atoms with Crippen LogP contribution in [0.2, 0.25) is 0 Å². The van der Waals surface area contributed by atoms with Crippen LogP contribution in [0.25, 0.3) is 0 Å². The Bertz CT molecular complexity index is 264. The molecule has 2 aliphatic rings. The van der Waals surface area contributed by atoms with E-state index in [2.05, 4.69) is 19.9 Å². The van der Waals surface area contributed by atoms with Crippen molar-refractivity contribution in [2.75, 3.05) is 0 Å². The monoisotopic (exact) mass is 178 g/mol. The molecule has 72 valence electrons. The molecule has 2 atom stereocenters. The Balaban J connectivity index is 2.25. The molecule has 0 saturated heterocycles. The minimum atomic E-state index is 0.0551. The normalized spacial score (nSPS) is 39.7. The largest absolute Gasteiger partial charge is 0.299 e. The maximum Gasteiger partial charge on any atom is 0.139 e. The molecule has 0 bridgehead atoms. The van der Waals surface area contributed by atoms with Crippen molar-refractivity contribution in [2.24, 2.45) is 11.3 Å². The fourth-order valence-electron chi connectivity index (χ4n) is 2.83. The molecule has 1 spiro atoms. The van der Waals surface area contributed by atoms with Gasteiger partial charge in [0.25, 0.3) is 0 Å². The van der Waals surface area contributed by atoms with E-state index in [1.54, 1.807) is 0 Å². The number of allylic oxidation sites excluding steroid dienone is 2. The van der Waals surface area contributed by atoms with Gasteiger partial charge in [-0.25, -0.2) is 0 Å². The summed E-state index contributed by atoms with van der Waals surface area (Å²) < 4.78 is 0. The van der Waals surface area contributed by atoms with E-state index >= 15 is 0 Å². The van der Waals surface area contributed by atoms with E-state index in [1.807, 2.05) is 0 Å². The van der Waals surface area contributed by atoms with Crippen molar-refractivity contribution in [1.82, 2.24) is 0 Å². The molecule has 0 aromatic heterocycles. The Labute approximate surface area is 80.2 Å². The first-order valence-electron chi connectivity index (χ1n) is 5.34. The van der Waals surface area contributed by atoms with Crippen molar-refractivity contribution in [3.8, 4) is 0 Å². The van der Waals surface area contributed by atoms with E-state index in [0.29, 0.717) is 11.7 Å². The van der Waals surface area contributed by atoms with Crippen LogP contribution in [0.3, 0.4) is 0 Å². The molecule has 2 aliphatic carbocycles. The van der Waals surface area contributed by atoms with Crippen LogP contribution in [0.1, 0.15) is 46.0 Å². The first-order valence-corrected chi connectivity index (χ1v) is 5.34. The van der Waals surface area contributed by atoms with E-state index in [0.717, 1.165) is 32.1 Å². The van der Waals surface area contributed by atoms with Crippen molar-refractivity contribution in [1.29, 1.82) is 0 Å². The first-order chi connectivity index (χ1) is 6.15. The maximum absolute atomic E-state index is 11.8. The number of hydrogen-bond acceptors (Lipinski definition) is 1. The standard InChI is InChI=1S/C12H18O/c1-9-5-7-12(8-6-9)10(2)3-4-11(12)13/h5,10H,3-4,6-8H2,1-2H3/t10-,12-/m0/s1. The Morgan fingerprint density at radius 3 is 2.69 bits per heavy atom. The summed E-state index contributed by atoms with van der Waals surface area (Å²) in [5, 5.41) is 0. The zero-order valence-electron chi connectivity index (χ0n) is 8.60. The molecule has 13 heavy (non-hydrogen) atoms. The second-order valence-electron chi connectivity index (χ2n) is 4.77. The molecule has 1 nitrogen and oxygen atoms in total. The molecule has 0 amide bonds. The molecule has 0 aliphatic heterocycles. The Morgan fingerprint density at radius 1 is 1.46 bits per heavy atom. The molecule has 0 radical (unpaired) electrons. The predicted octanol–water partition coefficient (Wildman–Crippen LogP) is 3.10. The van der Waals surface area contributed by atoms with Gasteiger partial charge in [-0.15, -0.1) is 0 Å². The van der Waals surface area contributed by atoms with E-state index in [4.69, 9.17) is 0 Å². The lowest BCUT2D eigenvalue weighted by Crippen LogP contribution is -2.32. The summed E-state index contributed by atoms with van der Waals surface area (Å²) in [6, 6.07) is 0. The van der Waals surface area contributed by atoms with Gasteiger partial charge >= 0.3 is 0 Å². The molecule has 0 aromatic carbocycles. The molecule has 0 aromatic rings. The van der Waals surface area contributed by atoms with Crippen molar-refractivity contribution in [3.63, 3.8) is 0 Å². The van der Waals surface area contributed by atoms with Gasteiger partial charge in [-0.3, -0.25) is 4.79 Å². The summed E-state index contributed by atoms with van der Waals surface area (Å²) in [5.74, 6) is 1.15. The fraction of sp³-hybridized carbons (Fsp3) is 0.750. The van der Waals surface area contributed by atoms with Crippen molar-refractivity contribution >= 4 is 5.78 Å². The van der Waals surface area contributed by atoms with Crippen LogP contribution in [0.5, 0.6) is 0 Å². The topological polar surface area (TPSA) is 17.1 Å². The van der Waals surface area contributed by atoms with Crippen LogP contribution < -0.4 is 0 Å². The fourth-order valence-corrected chi connectivity index (χ4v) is 2.83. The number of rotatable bonds is 0. The van der Waals surface area contributed by atoms with Gasteiger partial charge in [0, 0.05) is 11.8 Å². The van der Waals surface area contributed by atoms with Gasteiger partial charge in [0.15, 0.2) is 0 Å². The maximum atomic E-state index is 11.8. The Hall–Kier alpha value is -0.590. The average Bonchev–Trinajstić information content (AvgIpc) is 2.39. The number of Topliss-reactive ketones (excluding diaryl/α,β-unsaturated/α-hetero) is 1. The van der Waals surface area contributed by atoms with Gasteiger partial charge in [-0.2, -0.15) is 0 Å². The van der Waals surface area contributed by atoms with Gasteiger partial charge in [0.1, 0.15) is 5.78 Å². The summed E-state index contributed by atoms with van der Waals surface area (Å²) >= 11 is 0. The number of carbonyl (C=O) groups excluding carboxylic acids is 1. The highest BCUT2D eigenvalue weighted by Gasteiger charge is 2.46. The summed E-state index contributed by atoms with van der Waals surface area (Å²) in [7, 11) is 0. The zero-order chi connectivity index (χ0) is 9.47. The van der Waals surface area contributed by atoms with Crippen LogP contribution in [-0.4, -0.2) is 5.78 Å². The van der Waals surface area contributed by atoms with Gasteiger partial charge in [-0.1, -0.05) is 18.6 Å². The highest BCUT2D eigenvalue weighted by Crippen LogP contribution is 2.49. The quantitative estimate of drug-likeness (QED) is 0.521. The number of ketones is 1. The van der Waals surface area contributed by atoms with Crippen molar-refractivity contribution < 1.29 is 4.79 Å². The summed E-state index contributed by atoms with van der Waals surface area (Å²) in [5.41, 5.74) is 1.53. The third-order valence-electron chi connectivity index (χ3n) is 4.08. The predicted molar refractivity (Wildman–Crippen MR) is 53.4 cm³/mol. The van der Waals surface area contributed by atoms with Gasteiger partial charge < -0.3 is 0 Å². The summed E-state index contributed by atoms with van der Waals surface area (Å²) in [6.45, 7) is 4.43. The molecule has 1 heteroatoms. The highest BCUT2D eigenvalue weighted by atomic mass is 16.1. The molecule has 0 N–H and O–H groups in total. The summed E-state index contributed by atoms with van der Waals surface area (Å²) in [4.78, 5) is 11.8. The smallest absolute Gasteiger partial charge is 0.139 e.